The topological polar surface area (TPSA) is 55.2 Å². The first-order valence-corrected chi connectivity index (χ1v) is 6.62. The normalized spacial score (nSPS) is 16.3. The number of nitro benzene ring substituents is 1. The zero-order valence-corrected chi connectivity index (χ0v) is 11.1. The zero-order valence-electron chi connectivity index (χ0n) is 9.49. The van der Waals surface area contributed by atoms with Gasteiger partial charge < -0.3 is 5.32 Å². The molecule has 4 nitrogen and oxygen atoms in total. The fourth-order valence-corrected chi connectivity index (χ4v) is 2.59. The summed E-state index contributed by atoms with van der Waals surface area (Å²) in [5.74, 6) is 0. The van der Waals surface area contributed by atoms with E-state index in [4.69, 9.17) is 0 Å². The Balaban J connectivity index is 2.00. The Labute approximate surface area is 109 Å². The van der Waals surface area contributed by atoms with Crippen LogP contribution in [0.2, 0.25) is 0 Å². The van der Waals surface area contributed by atoms with E-state index in [1.165, 1.54) is 25.7 Å². The number of benzene rings is 1. The van der Waals surface area contributed by atoms with Crippen molar-refractivity contribution in [2.45, 2.75) is 38.3 Å². The molecular weight excluding hydrogens is 284 g/mol. The third-order valence-corrected chi connectivity index (χ3v) is 3.83. The van der Waals surface area contributed by atoms with Crippen LogP contribution >= 0.6 is 15.9 Å². The lowest BCUT2D eigenvalue weighted by molar-refractivity contribution is -0.385. The molecule has 1 fully saturated rings. The van der Waals surface area contributed by atoms with Crippen molar-refractivity contribution in [3.05, 3.63) is 38.3 Å². The van der Waals surface area contributed by atoms with Crippen molar-refractivity contribution in [3.8, 4) is 0 Å². The Morgan fingerprint density at radius 1 is 1.41 bits per heavy atom. The van der Waals surface area contributed by atoms with Gasteiger partial charge in [0, 0.05) is 18.7 Å². The van der Waals surface area contributed by atoms with Crippen LogP contribution in [-0.4, -0.2) is 11.0 Å². The van der Waals surface area contributed by atoms with E-state index >= 15 is 0 Å². The lowest BCUT2D eigenvalue weighted by Crippen LogP contribution is -2.25. The molecule has 0 bridgehead atoms. The average molecular weight is 299 g/mol. The molecule has 17 heavy (non-hydrogen) atoms. The smallest absolute Gasteiger partial charge is 0.283 e. The number of hydrogen-bond donors (Lipinski definition) is 1. The Morgan fingerprint density at radius 2 is 2.12 bits per heavy atom. The fraction of sp³-hybridized carbons (Fsp3) is 0.500. The molecule has 0 radical (unpaired) electrons. The molecule has 0 aliphatic heterocycles. The molecule has 1 N–H and O–H groups in total. The van der Waals surface area contributed by atoms with Crippen LogP contribution in [0.25, 0.3) is 0 Å². The summed E-state index contributed by atoms with van der Waals surface area (Å²) in [5.41, 5.74) is 1.10. The molecule has 2 rings (SSSR count). The summed E-state index contributed by atoms with van der Waals surface area (Å²) in [4.78, 5) is 10.4. The highest BCUT2D eigenvalue weighted by Crippen LogP contribution is 2.26. The second-order valence-corrected chi connectivity index (χ2v) is 5.26. The van der Waals surface area contributed by atoms with E-state index in [0.717, 1.165) is 5.56 Å². The van der Waals surface area contributed by atoms with E-state index < -0.39 is 0 Å². The van der Waals surface area contributed by atoms with Gasteiger partial charge >= 0.3 is 0 Å². The maximum absolute atomic E-state index is 10.8. The molecule has 92 valence electrons. The molecular formula is C12H15BrN2O2. The largest absolute Gasteiger partial charge is 0.310 e. The van der Waals surface area contributed by atoms with Crippen LogP contribution in [0.3, 0.4) is 0 Å². The van der Waals surface area contributed by atoms with Gasteiger partial charge in [0.15, 0.2) is 0 Å². The number of nitrogens with one attached hydrogen (secondary N) is 1. The summed E-state index contributed by atoms with van der Waals surface area (Å²) in [6, 6.07) is 5.87. The number of nitrogens with zero attached hydrogens (tertiary/aromatic N) is 1. The van der Waals surface area contributed by atoms with Gasteiger partial charge in [-0.05, 0) is 40.4 Å². The molecule has 1 aliphatic carbocycles. The van der Waals surface area contributed by atoms with Gasteiger partial charge in [0.05, 0.1) is 9.40 Å². The van der Waals surface area contributed by atoms with Crippen LogP contribution in [0.5, 0.6) is 0 Å². The highest BCUT2D eigenvalue weighted by molar-refractivity contribution is 9.10. The third-order valence-electron chi connectivity index (χ3n) is 3.16. The van der Waals surface area contributed by atoms with Gasteiger partial charge in [-0.15, -0.1) is 0 Å². The van der Waals surface area contributed by atoms with Crippen LogP contribution in [0.4, 0.5) is 5.69 Å². The monoisotopic (exact) mass is 298 g/mol. The van der Waals surface area contributed by atoms with Crippen molar-refractivity contribution >= 4 is 21.6 Å². The Kier molecular flexibility index (Phi) is 4.12. The lowest BCUT2D eigenvalue weighted by Gasteiger charge is -2.11. The SMILES string of the molecule is O=[N+]([O-])c1cc(CNC2CCCC2)ccc1Br. The van der Waals surface area contributed by atoms with E-state index in [-0.39, 0.29) is 10.6 Å². The highest BCUT2D eigenvalue weighted by atomic mass is 79.9. The second-order valence-electron chi connectivity index (χ2n) is 4.41. The Hall–Kier alpha value is -0.940. The summed E-state index contributed by atoms with van der Waals surface area (Å²) >= 11 is 3.19. The van der Waals surface area contributed by atoms with Gasteiger partial charge in [0.25, 0.3) is 5.69 Å². The van der Waals surface area contributed by atoms with Gasteiger partial charge in [-0.3, -0.25) is 10.1 Å². The minimum Gasteiger partial charge on any atom is -0.310 e. The molecule has 1 saturated carbocycles. The van der Waals surface area contributed by atoms with Crippen molar-refractivity contribution in [1.82, 2.24) is 5.32 Å². The van der Waals surface area contributed by atoms with Crippen molar-refractivity contribution in [2.75, 3.05) is 0 Å². The summed E-state index contributed by atoms with van der Waals surface area (Å²) in [5, 5.41) is 14.2. The summed E-state index contributed by atoms with van der Waals surface area (Å²) in [6.07, 6.45) is 5.02. The van der Waals surface area contributed by atoms with E-state index in [1.807, 2.05) is 6.07 Å². The maximum atomic E-state index is 10.8. The van der Waals surface area contributed by atoms with Gasteiger partial charge in [-0.25, -0.2) is 0 Å². The molecule has 1 aromatic carbocycles. The van der Waals surface area contributed by atoms with Gasteiger partial charge in [-0.1, -0.05) is 18.9 Å². The summed E-state index contributed by atoms with van der Waals surface area (Å²) < 4.78 is 0.534. The molecule has 0 heterocycles. The molecule has 0 aromatic heterocycles. The van der Waals surface area contributed by atoms with E-state index in [0.29, 0.717) is 17.1 Å². The molecule has 0 saturated heterocycles. The molecule has 1 aromatic rings. The first kappa shape index (κ1) is 12.5. The number of nitro groups is 1. The fourth-order valence-electron chi connectivity index (χ4n) is 2.20. The molecule has 0 unspecified atom stereocenters. The molecule has 0 spiro atoms. The number of hydrogen-bond acceptors (Lipinski definition) is 3. The Morgan fingerprint density at radius 3 is 2.76 bits per heavy atom. The summed E-state index contributed by atoms with van der Waals surface area (Å²) in [6.45, 7) is 0.707. The number of halogens is 1. The van der Waals surface area contributed by atoms with E-state index in [2.05, 4.69) is 21.2 Å². The van der Waals surface area contributed by atoms with Crippen molar-refractivity contribution in [2.24, 2.45) is 0 Å². The van der Waals surface area contributed by atoms with E-state index in [9.17, 15) is 10.1 Å². The van der Waals surface area contributed by atoms with Crippen molar-refractivity contribution in [3.63, 3.8) is 0 Å². The average Bonchev–Trinajstić information content (AvgIpc) is 2.80. The van der Waals surface area contributed by atoms with Gasteiger partial charge in [0.2, 0.25) is 0 Å². The maximum Gasteiger partial charge on any atom is 0.283 e. The minimum absolute atomic E-state index is 0.135. The van der Waals surface area contributed by atoms with Crippen LogP contribution in [0, 0.1) is 10.1 Å². The molecule has 1 aliphatic rings. The van der Waals surface area contributed by atoms with Crippen molar-refractivity contribution in [1.29, 1.82) is 0 Å². The predicted octanol–water partition coefficient (Wildman–Crippen LogP) is 3.39. The van der Waals surface area contributed by atoms with Gasteiger partial charge in [-0.2, -0.15) is 0 Å². The zero-order chi connectivity index (χ0) is 12.3. The third kappa shape index (κ3) is 3.26. The minimum atomic E-state index is -0.358. The van der Waals surface area contributed by atoms with E-state index in [1.54, 1.807) is 12.1 Å². The standard InChI is InChI=1S/C12H15BrN2O2/c13-11-6-5-9(7-12(11)15(16)17)8-14-10-3-1-2-4-10/h5-7,10,14H,1-4,8H2. The van der Waals surface area contributed by atoms with Crippen LogP contribution in [0.15, 0.2) is 22.7 Å². The molecule has 5 heteroatoms. The number of rotatable bonds is 4. The molecule has 0 amide bonds. The van der Waals surface area contributed by atoms with Crippen LogP contribution < -0.4 is 5.32 Å². The summed E-state index contributed by atoms with van der Waals surface area (Å²) in [7, 11) is 0. The lowest BCUT2D eigenvalue weighted by atomic mass is 10.2. The van der Waals surface area contributed by atoms with Gasteiger partial charge in [0.1, 0.15) is 0 Å². The Bertz CT molecular complexity index is 417. The second kappa shape index (κ2) is 5.60. The first-order chi connectivity index (χ1) is 8.16. The molecule has 0 atom stereocenters. The predicted molar refractivity (Wildman–Crippen MR) is 69.9 cm³/mol. The first-order valence-electron chi connectivity index (χ1n) is 5.83. The quantitative estimate of drug-likeness (QED) is 0.685. The van der Waals surface area contributed by atoms with Crippen molar-refractivity contribution < 1.29 is 4.92 Å². The van der Waals surface area contributed by atoms with Crippen LogP contribution in [0.1, 0.15) is 31.2 Å². The highest BCUT2D eigenvalue weighted by Gasteiger charge is 2.15. The van der Waals surface area contributed by atoms with Crippen LogP contribution in [-0.2, 0) is 6.54 Å².